The van der Waals surface area contributed by atoms with Crippen LogP contribution in [0.25, 0.3) is 0 Å². The highest BCUT2D eigenvalue weighted by Crippen LogP contribution is 2.27. The van der Waals surface area contributed by atoms with Crippen molar-refractivity contribution in [2.45, 2.75) is 13.8 Å². The van der Waals surface area contributed by atoms with Gasteiger partial charge in [-0.15, -0.1) is 0 Å². The van der Waals surface area contributed by atoms with Gasteiger partial charge in [-0.1, -0.05) is 6.07 Å². The smallest absolute Gasteiger partial charge is 0.313 e. The fourth-order valence-electron chi connectivity index (χ4n) is 2.22. The molecule has 0 aliphatic rings. The molecule has 2 aromatic rings. The van der Waals surface area contributed by atoms with Crippen LogP contribution < -0.4 is 10.3 Å². The lowest BCUT2D eigenvalue weighted by Gasteiger charge is -2.22. The van der Waals surface area contributed by atoms with E-state index >= 15 is 0 Å². The number of nitrogens with one attached hydrogen (secondary N) is 1. The van der Waals surface area contributed by atoms with Crippen LogP contribution in [0.1, 0.15) is 19.4 Å². The third-order valence-corrected chi connectivity index (χ3v) is 4.08. The second-order valence-electron chi connectivity index (χ2n) is 4.88. The highest BCUT2D eigenvalue weighted by molar-refractivity contribution is 9.10. The van der Waals surface area contributed by atoms with Gasteiger partial charge in [0.1, 0.15) is 0 Å². The maximum absolute atomic E-state index is 10.9. The molecule has 1 aromatic heterocycles. The van der Waals surface area contributed by atoms with E-state index in [0.717, 1.165) is 28.8 Å². The van der Waals surface area contributed by atoms with Crippen molar-refractivity contribution in [3.05, 3.63) is 56.7 Å². The molecule has 0 amide bonds. The summed E-state index contributed by atoms with van der Waals surface area (Å²) in [5, 5.41) is 15.0. The van der Waals surface area contributed by atoms with Gasteiger partial charge < -0.3 is 4.90 Å². The Bertz CT molecular complexity index is 747. The summed E-state index contributed by atoms with van der Waals surface area (Å²) < 4.78 is 0.971. The number of hydrazone groups is 1. The standard InChI is InChI=1S/C16H18BrN5O2/c1-3-21(4-2)14-8-7-12(10-13(14)17)11-19-20-16-15(22(23)24)6-5-9-18-16/h5-11H,3-4H2,1-2H3,(H,18,20)/b19-11-. The minimum Gasteiger partial charge on any atom is -0.371 e. The summed E-state index contributed by atoms with van der Waals surface area (Å²) in [4.78, 5) is 16.6. The molecule has 8 heteroatoms. The first-order valence-corrected chi connectivity index (χ1v) is 8.29. The number of rotatable bonds is 7. The van der Waals surface area contributed by atoms with E-state index in [2.05, 4.69) is 50.2 Å². The van der Waals surface area contributed by atoms with E-state index in [1.54, 1.807) is 6.21 Å². The summed E-state index contributed by atoms with van der Waals surface area (Å²) >= 11 is 3.57. The summed E-state index contributed by atoms with van der Waals surface area (Å²) in [5.41, 5.74) is 4.48. The molecule has 0 bridgehead atoms. The Morgan fingerprint density at radius 3 is 2.75 bits per heavy atom. The Labute approximate surface area is 148 Å². The van der Waals surface area contributed by atoms with Gasteiger partial charge in [-0.05, 0) is 53.5 Å². The molecule has 0 radical (unpaired) electrons. The van der Waals surface area contributed by atoms with E-state index in [4.69, 9.17) is 0 Å². The van der Waals surface area contributed by atoms with E-state index in [0.29, 0.717) is 0 Å². The van der Waals surface area contributed by atoms with Crippen LogP contribution in [0.15, 0.2) is 46.1 Å². The molecule has 126 valence electrons. The summed E-state index contributed by atoms with van der Waals surface area (Å²) in [7, 11) is 0. The molecule has 0 fully saturated rings. The van der Waals surface area contributed by atoms with Gasteiger partial charge in [0.2, 0.25) is 5.82 Å². The van der Waals surface area contributed by atoms with E-state index < -0.39 is 4.92 Å². The SMILES string of the molecule is CCN(CC)c1ccc(/C=N\Nc2ncccc2[N+](=O)[O-])cc1Br. The molecule has 2 rings (SSSR count). The average Bonchev–Trinajstić information content (AvgIpc) is 2.58. The van der Waals surface area contributed by atoms with E-state index in [1.807, 2.05) is 18.2 Å². The number of aromatic nitrogens is 1. The van der Waals surface area contributed by atoms with Gasteiger partial charge in [0.25, 0.3) is 0 Å². The highest BCUT2D eigenvalue weighted by atomic mass is 79.9. The van der Waals surface area contributed by atoms with Crippen molar-refractivity contribution in [2.24, 2.45) is 5.10 Å². The van der Waals surface area contributed by atoms with Crippen LogP contribution in [-0.2, 0) is 0 Å². The minimum atomic E-state index is -0.500. The van der Waals surface area contributed by atoms with Crippen molar-refractivity contribution < 1.29 is 4.92 Å². The lowest BCUT2D eigenvalue weighted by Crippen LogP contribution is -2.22. The molecule has 0 saturated carbocycles. The summed E-state index contributed by atoms with van der Waals surface area (Å²) in [5.74, 6) is 0.109. The average molecular weight is 392 g/mol. The molecule has 0 atom stereocenters. The van der Waals surface area contributed by atoms with Gasteiger partial charge in [-0.25, -0.2) is 4.98 Å². The van der Waals surface area contributed by atoms with E-state index in [-0.39, 0.29) is 11.5 Å². The number of halogens is 1. The van der Waals surface area contributed by atoms with Crippen LogP contribution in [0.4, 0.5) is 17.2 Å². The molecule has 0 saturated heterocycles. The molecule has 0 aliphatic carbocycles. The summed E-state index contributed by atoms with van der Waals surface area (Å²) in [6.45, 7) is 6.06. The first-order valence-electron chi connectivity index (χ1n) is 7.49. The van der Waals surface area contributed by atoms with Crippen LogP contribution in [0.2, 0.25) is 0 Å². The normalized spacial score (nSPS) is 10.8. The maximum atomic E-state index is 10.9. The Morgan fingerprint density at radius 2 is 2.12 bits per heavy atom. The number of pyridine rings is 1. The van der Waals surface area contributed by atoms with Crippen LogP contribution in [0.5, 0.6) is 0 Å². The molecule has 1 aromatic carbocycles. The van der Waals surface area contributed by atoms with Gasteiger partial charge in [0.05, 0.1) is 16.8 Å². The van der Waals surface area contributed by atoms with E-state index in [1.165, 1.54) is 18.3 Å². The van der Waals surface area contributed by atoms with Gasteiger partial charge in [-0.2, -0.15) is 5.10 Å². The molecule has 0 unspecified atom stereocenters. The number of nitro groups is 1. The zero-order valence-corrected chi connectivity index (χ0v) is 15.0. The third-order valence-electron chi connectivity index (χ3n) is 3.44. The monoisotopic (exact) mass is 391 g/mol. The zero-order chi connectivity index (χ0) is 17.5. The number of hydrogen-bond donors (Lipinski definition) is 1. The predicted octanol–water partition coefficient (Wildman–Crippen LogP) is 4.04. The van der Waals surface area contributed by atoms with Gasteiger partial charge in [-0.3, -0.25) is 15.5 Å². The Balaban J connectivity index is 2.13. The third kappa shape index (κ3) is 4.29. The first kappa shape index (κ1) is 17.9. The molecular weight excluding hydrogens is 374 g/mol. The minimum absolute atomic E-state index is 0.109. The summed E-state index contributed by atoms with van der Waals surface area (Å²) in [6.07, 6.45) is 3.06. The van der Waals surface area contributed by atoms with Crippen molar-refractivity contribution in [1.82, 2.24) is 4.98 Å². The topological polar surface area (TPSA) is 83.7 Å². The molecule has 0 aliphatic heterocycles. The lowest BCUT2D eigenvalue weighted by molar-refractivity contribution is -0.384. The van der Waals surface area contributed by atoms with Crippen LogP contribution in [0.3, 0.4) is 0 Å². The van der Waals surface area contributed by atoms with Gasteiger partial charge >= 0.3 is 5.69 Å². The number of nitrogens with zero attached hydrogens (tertiary/aromatic N) is 4. The zero-order valence-electron chi connectivity index (χ0n) is 13.4. The number of benzene rings is 1. The highest BCUT2D eigenvalue weighted by Gasteiger charge is 2.13. The Kier molecular flexibility index (Phi) is 6.25. The van der Waals surface area contributed by atoms with Crippen molar-refractivity contribution in [3.63, 3.8) is 0 Å². The second kappa shape index (κ2) is 8.39. The van der Waals surface area contributed by atoms with Gasteiger partial charge in [0, 0.05) is 29.8 Å². The van der Waals surface area contributed by atoms with Crippen molar-refractivity contribution >= 4 is 39.3 Å². The molecule has 1 heterocycles. The quantitative estimate of drug-likeness (QED) is 0.437. The lowest BCUT2D eigenvalue weighted by atomic mass is 10.2. The van der Waals surface area contributed by atoms with Crippen LogP contribution in [-0.4, -0.2) is 29.2 Å². The summed E-state index contributed by atoms with van der Waals surface area (Å²) in [6, 6.07) is 8.79. The Morgan fingerprint density at radius 1 is 1.38 bits per heavy atom. The molecule has 1 N–H and O–H groups in total. The Hall–Kier alpha value is -2.48. The molecule has 0 spiro atoms. The van der Waals surface area contributed by atoms with Crippen molar-refractivity contribution in [2.75, 3.05) is 23.4 Å². The predicted molar refractivity (Wildman–Crippen MR) is 99.8 cm³/mol. The maximum Gasteiger partial charge on any atom is 0.313 e. The fraction of sp³-hybridized carbons (Fsp3) is 0.250. The van der Waals surface area contributed by atoms with E-state index in [9.17, 15) is 10.1 Å². The number of hydrogen-bond acceptors (Lipinski definition) is 6. The fourth-order valence-corrected chi connectivity index (χ4v) is 2.87. The number of anilines is 2. The van der Waals surface area contributed by atoms with Crippen molar-refractivity contribution in [1.29, 1.82) is 0 Å². The molecular formula is C16H18BrN5O2. The second-order valence-corrected chi connectivity index (χ2v) is 5.74. The van der Waals surface area contributed by atoms with Crippen molar-refractivity contribution in [3.8, 4) is 0 Å². The van der Waals surface area contributed by atoms with Gasteiger partial charge in [0.15, 0.2) is 0 Å². The van der Waals surface area contributed by atoms with Crippen LogP contribution >= 0.6 is 15.9 Å². The molecule has 24 heavy (non-hydrogen) atoms. The molecule has 7 nitrogen and oxygen atoms in total. The first-order chi connectivity index (χ1) is 11.6. The van der Waals surface area contributed by atoms with Crippen LogP contribution in [0, 0.1) is 10.1 Å². The largest absolute Gasteiger partial charge is 0.371 e.